The fourth-order valence-corrected chi connectivity index (χ4v) is 0.642. The van der Waals surface area contributed by atoms with Crippen LogP contribution in [0.4, 0.5) is 0 Å². The summed E-state index contributed by atoms with van der Waals surface area (Å²) in [5.74, 6) is -1.05. The number of nitrogens with two attached hydrogens (primary N) is 2. The molecule has 0 aliphatic carbocycles. The number of nitrogens with zero attached hydrogens (tertiary/aromatic N) is 1. The van der Waals surface area contributed by atoms with E-state index in [0.29, 0.717) is 5.70 Å². The molecule has 0 bridgehead atoms. The summed E-state index contributed by atoms with van der Waals surface area (Å²) in [6, 6.07) is -0.941. The summed E-state index contributed by atoms with van der Waals surface area (Å²) in [7, 11) is 0. The third-order valence-corrected chi connectivity index (χ3v) is 1.23. The fraction of sp³-hybridized carbons (Fsp3) is 0.429. The first-order chi connectivity index (χ1) is 5.61. The van der Waals surface area contributed by atoms with E-state index in [1.807, 2.05) is 0 Å². The molecule has 0 aromatic carbocycles. The average Bonchev–Trinajstić information content (AvgIpc) is 2.03. The summed E-state index contributed by atoms with van der Waals surface area (Å²) in [4.78, 5) is 14.1. The first-order valence-electron chi connectivity index (χ1n) is 3.49. The van der Waals surface area contributed by atoms with Crippen molar-refractivity contribution < 1.29 is 9.90 Å². The third-order valence-electron chi connectivity index (χ3n) is 1.23. The Kier molecular flexibility index (Phi) is 4.71. The SMILES string of the molecule is C/C=N\C(=C/N)C[C@H](N)C(=O)O. The van der Waals surface area contributed by atoms with Crippen molar-refractivity contribution in [2.24, 2.45) is 16.5 Å². The molecule has 0 aromatic rings. The van der Waals surface area contributed by atoms with E-state index < -0.39 is 12.0 Å². The van der Waals surface area contributed by atoms with Gasteiger partial charge < -0.3 is 16.6 Å². The highest BCUT2D eigenvalue weighted by molar-refractivity contribution is 5.73. The smallest absolute Gasteiger partial charge is 0.320 e. The van der Waals surface area contributed by atoms with Crippen LogP contribution in [0.1, 0.15) is 13.3 Å². The Morgan fingerprint density at radius 1 is 1.75 bits per heavy atom. The summed E-state index contributed by atoms with van der Waals surface area (Å²) < 4.78 is 0. The normalized spacial score (nSPS) is 15.0. The van der Waals surface area contributed by atoms with Crippen LogP contribution in [0.15, 0.2) is 16.9 Å². The summed E-state index contributed by atoms with van der Waals surface area (Å²) in [6.07, 6.45) is 2.94. The maximum atomic E-state index is 10.3. The minimum atomic E-state index is -1.05. The minimum Gasteiger partial charge on any atom is -0.480 e. The molecule has 0 saturated carbocycles. The van der Waals surface area contributed by atoms with Gasteiger partial charge in [-0.15, -0.1) is 0 Å². The minimum absolute atomic E-state index is 0.149. The first kappa shape index (κ1) is 10.6. The van der Waals surface area contributed by atoms with Crippen molar-refractivity contribution in [3.05, 3.63) is 11.9 Å². The van der Waals surface area contributed by atoms with Gasteiger partial charge >= 0.3 is 5.97 Å². The number of hydrogen-bond acceptors (Lipinski definition) is 4. The zero-order chi connectivity index (χ0) is 9.56. The Morgan fingerprint density at radius 3 is 2.67 bits per heavy atom. The molecule has 0 radical (unpaired) electrons. The van der Waals surface area contributed by atoms with E-state index in [2.05, 4.69) is 4.99 Å². The second-order valence-electron chi connectivity index (χ2n) is 2.19. The zero-order valence-electron chi connectivity index (χ0n) is 6.90. The van der Waals surface area contributed by atoms with E-state index in [-0.39, 0.29) is 6.42 Å². The van der Waals surface area contributed by atoms with Gasteiger partial charge in [0.1, 0.15) is 6.04 Å². The molecule has 0 rings (SSSR count). The number of aliphatic carboxylic acids is 1. The highest BCUT2D eigenvalue weighted by Gasteiger charge is 2.12. The Hall–Kier alpha value is -1.36. The largest absolute Gasteiger partial charge is 0.480 e. The average molecular weight is 171 g/mol. The van der Waals surface area contributed by atoms with Gasteiger partial charge in [0, 0.05) is 18.8 Å². The number of carbonyl (C=O) groups is 1. The van der Waals surface area contributed by atoms with Gasteiger partial charge in [-0.3, -0.25) is 9.79 Å². The lowest BCUT2D eigenvalue weighted by Gasteiger charge is -2.04. The van der Waals surface area contributed by atoms with Crippen LogP contribution in [0.25, 0.3) is 0 Å². The molecule has 12 heavy (non-hydrogen) atoms. The lowest BCUT2D eigenvalue weighted by Crippen LogP contribution is -2.30. The van der Waals surface area contributed by atoms with E-state index >= 15 is 0 Å². The van der Waals surface area contributed by atoms with Gasteiger partial charge in [-0.25, -0.2) is 0 Å². The summed E-state index contributed by atoms with van der Waals surface area (Å²) >= 11 is 0. The molecular formula is C7H13N3O2. The number of rotatable bonds is 4. The number of hydrogen-bond donors (Lipinski definition) is 3. The van der Waals surface area contributed by atoms with Crippen molar-refractivity contribution in [1.82, 2.24) is 0 Å². The van der Waals surface area contributed by atoms with Crippen LogP contribution in [0.5, 0.6) is 0 Å². The van der Waals surface area contributed by atoms with Crippen molar-refractivity contribution >= 4 is 12.2 Å². The quantitative estimate of drug-likeness (QED) is 0.504. The Balaban J connectivity index is 4.13. The topological polar surface area (TPSA) is 102 Å². The molecule has 0 aromatic heterocycles. The second kappa shape index (κ2) is 5.31. The first-order valence-corrected chi connectivity index (χ1v) is 3.49. The van der Waals surface area contributed by atoms with Crippen molar-refractivity contribution in [1.29, 1.82) is 0 Å². The van der Waals surface area contributed by atoms with Crippen LogP contribution in [0, 0.1) is 0 Å². The van der Waals surface area contributed by atoms with Crippen LogP contribution in [0.2, 0.25) is 0 Å². The Labute approximate surface area is 70.8 Å². The molecule has 5 heteroatoms. The molecule has 68 valence electrons. The van der Waals surface area contributed by atoms with Crippen molar-refractivity contribution in [3.8, 4) is 0 Å². The van der Waals surface area contributed by atoms with Crippen molar-refractivity contribution in [3.63, 3.8) is 0 Å². The van der Waals surface area contributed by atoms with E-state index in [9.17, 15) is 4.79 Å². The van der Waals surface area contributed by atoms with Crippen LogP contribution in [-0.2, 0) is 4.79 Å². The zero-order valence-corrected chi connectivity index (χ0v) is 6.90. The van der Waals surface area contributed by atoms with Gasteiger partial charge in [0.15, 0.2) is 0 Å². The van der Waals surface area contributed by atoms with Gasteiger partial charge in [0.2, 0.25) is 0 Å². The third kappa shape index (κ3) is 3.72. The van der Waals surface area contributed by atoms with E-state index in [0.717, 1.165) is 0 Å². The second-order valence-corrected chi connectivity index (χ2v) is 2.19. The van der Waals surface area contributed by atoms with Gasteiger partial charge in [0.25, 0.3) is 0 Å². The molecule has 5 nitrogen and oxygen atoms in total. The van der Waals surface area contributed by atoms with Crippen molar-refractivity contribution in [2.45, 2.75) is 19.4 Å². The van der Waals surface area contributed by atoms with E-state index in [1.165, 1.54) is 12.4 Å². The highest BCUT2D eigenvalue weighted by Crippen LogP contribution is 2.03. The highest BCUT2D eigenvalue weighted by atomic mass is 16.4. The predicted octanol–water partition coefficient (Wildman–Crippen LogP) is -0.321. The van der Waals surface area contributed by atoms with E-state index in [4.69, 9.17) is 16.6 Å². The molecule has 0 unspecified atom stereocenters. The Morgan fingerprint density at radius 2 is 2.33 bits per heavy atom. The summed E-state index contributed by atoms with van der Waals surface area (Å²) in [5, 5.41) is 8.45. The van der Waals surface area contributed by atoms with Crippen LogP contribution in [-0.4, -0.2) is 23.3 Å². The van der Waals surface area contributed by atoms with Gasteiger partial charge in [0.05, 0.1) is 5.70 Å². The molecule has 0 saturated heterocycles. The maximum absolute atomic E-state index is 10.3. The summed E-state index contributed by atoms with van der Waals surface area (Å²) in [6.45, 7) is 1.72. The van der Waals surface area contributed by atoms with Crippen molar-refractivity contribution in [2.75, 3.05) is 0 Å². The van der Waals surface area contributed by atoms with Crippen LogP contribution < -0.4 is 11.5 Å². The van der Waals surface area contributed by atoms with E-state index in [1.54, 1.807) is 6.92 Å². The van der Waals surface area contributed by atoms with Gasteiger partial charge in [-0.2, -0.15) is 0 Å². The molecule has 0 aliphatic heterocycles. The number of carboxylic acid groups (broad SMARTS) is 1. The summed E-state index contributed by atoms with van der Waals surface area (Å²) in [5.41, 5.74) is 10.9. The number of aliphatic imine (C=N–C) groups is 1. The standard InChI is InChI=1S/C7H13N3O2/c1-2-10-5(4-8)3-6(9)7(11)12/h2,4,6H,3,8-9H2,1H3,(H,11,12)/b5-4-,10-2-/t6-/m0/s1. The fourth-order valence-electron chi connectivity index (χ4n) is 0.642. The Bertz CT molecular complexity index is 211. The molecule has 0 heterocycles. The van der Waals surface area contributed by atoms with Gasteiger partial charge in [-0.05, 0) is 6.92 Å². The molecule has 1 atom stereocenters. The van der Waals surface area contributed by atoms with Crippen LogP contribution in [0.3, 0.4) is 0 Å². The lowest BCUT2D eigenvalue weighted by molar-refractivity contribution is -0.138. The number of carboxylic acids is 1. The predicted molar refractivity (Wildman–Crippen MR) is 46.7 cm³/mol. The molecule has 0 spiro atoms. The van der Waals surface area contributed by atoms with Crippen LogP contribution >= 0.6 is 0 Å². The monoisotopic (exact) mass is 171 g/mol. The molecule has 0 fully saturated rings. The molecule has 5 N–H and O–H groups in total. The molecule has 0 amide bonds. The molecule has 0 aliphatic rings. The van der Waals surface area contributed by atoms with Gasteiger partial charge in [-0.1, -0.05) is 0 Å². The maximum Gasteiger partial charge on any atom is 0.320 e. The lowest BCUT2D eigenvalue weighted by atomic mass is 10.2. The molecular weight excluding hydrogens is 158 g/mol.